The van der Waals surface area contributed by atoms with Gasteiger partial charge in [-0.1, -0.05) is 12.2 Å². The van der Waals surface area contributed by atoms with Crippen LogP contribution in [0.2, 0.25) is 0 Å². The molecule has 1 aromatic carbocycles. The molecule has 0 saturated heterocycles. The van der Waals surface area contributed by atoms with Crippen LogP contribution in [0.15, 0.2) is 35.1 Å². The van der Waals surface area contributed by atoms with Crippen molar-refractivity contribution >= 4 is 28.5 Å². The highest BCUT2D eigenvalue weighted by Crippen LogP contribution is 2.42. The lowest BCUT2D eigenvalue weighted by Gasteiger charge is -2.18. The number of nitrogens with one attached hydrogen (secondary N) is 2. The van der Waals surface area contributed by atoms with Crippen LogP contribution in [0.3, 0.4) is 0 Å². The summed E-state index contributed by atoms with van der Waals surface area (Å²) in [6.45, 7) is 0.532. The summed E-state index contributed by atoms with van der Waals surface area (Å²) in [5.74, 6) is 0.282. The van der Waals surface area contributed by atoms with Crippen LogP contribution in [-0.4, -0.2) is 27.5 Å². The van der Waals surface area contributed by atoms with Gasteiger partial charge in [0.05, 0.1) is 11.0 Å². The molecule has 2 amide bonds. The van der Waals surface area contributed by atoms with E-state index in [9.17, 15) is 14.4 Å². The third-order valence-corrected chi connectivity index (χ3v) is 5.68. The zero-order chi connectivity index (χ0) is 18.4. The van der Waals surface area contributed by atoms with Crippen molar-refractivity contribution in [1.29, 1.82) is 0 Å². The zero-order valence-electron chi connectivity index (χ0n) is 14.9. The first kappa shape index (κ1) is 16.6. The Balaban J connectivity index is 1.40. The second kappa shape index (κ2) is 6.16. The fraction of sp³-hybridized carbons (Fsp3) is 0.421. The van der Waals surface area contributed by atoms with Crippen molar-refractivity contribution in [2.45, 2.75) is 12.8 Å². The molecule has 26 heavy (non-hydrogen) atoms. The number of nitrogens with zero attached hydrogens (tertiary/aromatic N) is 2. The van der Waals surface area contributed by atoms with Crippen LogP contribution in [0.1, 0.15) is 12.8 Å². The molecule has 2 aromatic rings. The van der Waals surface area contributed by atoms with Crippen LogP contribution in [-0.2, 0) is 23.7 Å². The zero-order valence-corrected chi connectivity index (χ0v) is 14.9. The van der Waals surface area contributed by atoms with Crippen LogP contribution >= 0.6 is 0 Å². The highest BCUT2D eigenvalue weighted by molar-refractivity contribution is 6.39. The van der Waals surface area contributed by atoms with Gasteiger partial charge in [0.25, 0.3) is 0 Å². The van der Waals surface area contributed by atoms with Crippen molar-refractivity contribution in [3.63, 3.8) is 0 Å². The Kier molecular flexibility index (Phi) is 3.94. The normalized spacial score (nSPS) is 23.5. The number of rotatable bonds is 3. The number of aromatic nitrogens is 2. The third-order valence-electron chi connectivity index (χ3n) is 5.68. The van der Waals surface area contributed by atoms with Crippen LogP contribution in [0.4, 0.5) is 5.69 Å². The lowest BCUT2D eigenvalue weighted by molar-refractivity contribution is -0.136. The summed E-state index contributed by atoms with van der Waals surface area (Å²) in [4.78, 5) is 36.2. The second-order valence-electron chi connectivity index (χ2n) is 7.31. The van der Waals surface area contributed by atoms with E-state index in [1.807, 2.05) is 0 Å². The van der Waals surface area contributed by atoms with E-state index in [2.05, 4.69) is 22.8 Å². The maximum atomic E-state index is 12.2. The van der Waals surface area contributed by atoms with Crippen molar-refractivity contribution in [3.05, 3.63) is 40.8 Å². The summed E-state index contributed by atoms with van der Waals surface area (Å²) in [6.07, 6.45) is 6.73. The van der Waals surface area contributed by atoms with Crippen LogP contribution in [0.5, 0.6) is 0 Å². The Morgan fingerprint density at radius 1 is 1.08 bits per heavy atom. The molecule has 0 radical (unpaired) electrons. The van der Waals surface area contributed by atoms with Crippen molar-refractivity contribution in [3.8, 4) is 0 Å². The van der Waals surface area contributed by atoms with Gasteiger partial charge in [-0.25, -0.2) is 4.79 Å². The summed E-state index contributed by atoms with van der Waals surface area (Å²) in [7, 11) is 3.37. The number of hydrogen-bond acceptors (Lipinski definition) is 3. The van der Waals surface area contributed by atoms with E-state index >= 15 is 0 Å². The maximum absolute atomic E-state index is 12.2. The molecule has 1 fully saturated rings. The minimum Gasteiger partial charge on any atom is -0.348 e. The molecule has 2 N–H and O–H groups in total. The summed E-state index contributed by atoms with van der Waals surface area (Å²) in [5, 5.41) is 5.36. The van der Waals surface area contributed by atoms with E-state index in [4.69, 9.17) is 0 Å². The summed E-state index contributed by atoms with van der Waals surface area (Å²) < 4.78 is 3.05. The first-order valence-electron chi connectivity index (χ1n) is 8.87. The van der Waals surface area contributed by atoms with E-state index in [0.29, 0.717) is 35.5 Å². The van der Waals surface area contributed by atoms with Gasteiger partial charge in [0, 0.05) is 26.3 Å². The number of imidazole rings is 1. The Bertz CT molecular complexity index is 985. The fourth-order valence-electron chi connectivity index (χ4n) is 4.21. The average Bonchev–Trinajstić information content (AvgIpc) is 3.31. The number of carbonyl (C=O) groups excluding carboxylic acids is 2. The topological polar surface area (TPSA) is 85.1 Å². The number of anilines is 1. The third kappa shape index (κ3) is 2.73. The molecule has 2 aliphatic carbocycles. The highest BCUT2D eigenvalue weighted by Gasteiger charge is 2.35. The van der Waals surface area contributed by atoms with Gasteiger partial charge in [-0.2, -0.15) is 0 Å². The number of aryl methyl sites for hydroxylation is 2. The van der Waals surface area contributed by atoms with E-state index in [-0.39, 0.29) is 5.69 Å². The molecule has 4 rings (SSSR count). The molecule has 0 aliphatic heterocycles. The molecular formula is C19H22N4O3. The number of hydrogen-bond donors (Lipinski definition) is 2. The van der Waals surface area contributed by atoms with Crippen molar-refractivity contribution in [2.24, 2.45) is 31.8 Å². The standard InChI is InChI=1S/C19H22N4O3/c1-22-15-6-5-14(9-16(15)23(2)19(22)26)21-18(25)17(24)20-10-13-8-11-3-4-12(13)7-11/h3-6,9,11-13H,7-8,10H2,1-2H3,(H,20,24)(H,21,25)/t11-,12+,13+/m1/s1. The molecule has 2 aliphatic rings. The van der Waals surface area contributed by atoms with Gasteiger partial charge >= 0.3 is 17.5 Å². The molecule has 1 saturated carbocycles. The summed E-state index contributed by atoms with van der Waals surface area (Å²) >= 11 is 0. The van der Waals surface area contributed by atoms with Gasteiger partial charge in [-0.05, 0) is 48.8 Å². The van der Waals surface area contributed by atoms with Crippen LogP contribution < -0.4 is 16.3 Å². The largest absolute Gasteiger partial charge is 0.348 e. The van der Waals surface area contributed by atoms with Gasteiger partial charge in [-0.15, -0.1) is 0 Å². The Morgan fingerprint density at radius 3 is 2.54 bits per heavy atom. The number of fused-ring (bicyclic) bond motifs is 3. The fourth-order valence-corrected chi connectivity index (χ4v) is 4.21. The molecule has 136 valence electrons. The number of allylic oxidation sites excluding steroid dienone is 2. The monoisotopic (exact) mass is 354 g/mol. The molecule has 0 spiro atoms. The highest BCUT2D eigenvalue weighted by atomic mass is 16.2. The van der Waals surface area contributed by atoms with E-state index < -0.39 is 11.8 Å². The van der Waals surface area contributed by atoms with Crippen molar-refractivity contribution < 1.29 is 9.59 Å². The number of amides is 2. The van der Waals surface area contributed by atoms with Crippen LogP contribution in [0, 0.1) is 17.8 Å². The summed E-state index contributed by atoms with van der Waals surface area (Å²) in [5.41, 5.74) is 1.82. The lowest BCUT2D eigenvalue weighted by Crippen LogP contribution is -2.38. The molecule has 0 unspecified atom stereocenters. The minimum atomic E-state index is -0.691. The smallest absolute Gasteiger partial charge is 0.328 e. The van der Waals surface area contributed by atoms with Crippen molar-refractivity contribution in [1.82, 2.24) is 14.5 Å². The molecule has 7 heteroatoms. The first-order valence-corrected chi connectivity index (χ1v) is 8.87. The molecule has 7 nitrogen and oxygen atoms in total. The first-order chi connectivity index (χ1) is 12.4. The van der Waals surface area contributed by atoms with Gasteiger partial charge in [0.2, 0.25) is 0 Å². The number of benzene rings is 1. The quantitative estimate of drug-likeness (QED) is 0.640. The van der Waals surface area contributed by atoms with Gasteiger partial charge in [0.15, 0.2) is 0 Å². The Hall–Kier alpha value is -2.83. The van der Waals surface area contributed by atoms with Gasteiger partial charge in [-0.3, -0.25) is 18.7 Å². The lowest BCUT2D eigenvalue weighted by atomic mass is 9.94. The van der Waals surface area contributed by atoms with E-state index in [1.54, 1.807) is 32.3 Å². The second-order valence-corrected chi connectivity index (χ2v) is 7.31. The predicted molar refractivity (Wildman–Crippen MR) is 98.6 cm³/mol. The van der Waals surface area contributed by atoms with Gasteiger partial charge in [0.1, 0.15) is 0 Å². The average molecular weight is 354 g/mol. The SMILES string of the molecule is Cn1c(=O)n(C)c2cc(NC(=O)C(=O)NC[C@@H]3C[C@@H]4C=C[C@H]3C4)ccc21. The Morgan fingerprint density at radius 2 is 1.85 bits per heavy atom. The summed E-state index contributed by atoms with van der Waals surface area (Å²) in [6, 6.07) is 5.14. The molecular weight excluding hydrogens is 332 g/mol. The maximum Gasteiger partial charge on any atom is 0.328 e. The van der Waals surface area contributed by atoms with Crippen LogP contribution in [0.25, 0.3) is 11.0 Å². The molecule has 2 bridgehead atoms. The van der Waals surface area contributed by atoms with E-state index in [1.165, 1.54) is 15.6 Å². The van der Waals surface area contributed by atoms with Crippen molar-refractivity contribution in [2.75, 3.05) is 11.9 Å². The molecule has 3 atom stereocenters. The van der Waals surface area contributed by atoms with Gasteiger partial charge < -0.3 is 10.6 Å². The Labute approximate surface area is 150 Å². The molecule has 1 aromatic heterocycles. The minimum absolute atomic E-state index is 0.138. The molecule has 1 heterocycles. The van der Waals surface area contributed by atoms with E-state index in [0.717, 1.165) is 11.9 Å². The number of carbonyl (C=O) groups is 2. The predicted octanol–water partition coefficient (Wildman–Crippen LogP) is 1.14.